The van der Waals surface area contributed by atoms with Gasteiger partial charge in [-0.2, -0.15) is 0 Å². The lowest BCUT2D eigenvalue weighted by Gasteiger charge is -2.10. The Labute approximate surface area is 181 Å². The van der Waals surface area contributed by atoms with Crippen LogP contribution in [0.5, 0.6) is 0 Å². The summed E-state index contributed by atoms with van der Waals surface area (Å²) >= 11 is 0. The summed E-state index contributed by atoms with van der Waals surface area (Å²) in [5, 5.41) is 2.86. The van der Waals surface area contributed by atoms with Crippen molar-refractivity contribution in [1.29, 1.82) is 0 Å². The van der Waals surface area contributed by atoms with Crippen molar-refractivity contribution in [1.82, 2.24) is 0 Å². The summed E-state index contributed by atoms with van der Waals surface area (Å²) in [6.07, 6.45) is 24.3. The van der Waals surface area contributed by atoms with E-state index < -0.39 is 0 Å². The van der Waals surface area contributed by atoms with Gasteiger partial charge in [0, 0.05) is 0 Å². The van der Waals surface area contributed by atoms with Crippen molar-refractivity contribution in [2.24, 2.45) is 0 Å². The minimum absolute atomic E-state index is 1.24. The number of hydrogen-bond donors (Lipinski definition) is 0. The molecule has 0 aliphatic carbocycles. The van der Waals surface area contributed by atoms with Gasteiger partial charge in [0.2, 0.25) is 0 Å². The molecule has 0 N–H and O–H groups in total. The minimum Gasteiger partial charge on any atom is -0.0654 e. The van der Waals surface area contributed by atoms with Crippen LogP contribution in [-0.4, -0.2) is 0 Å². The number of rotatable bonds is 17. The molecule has 0 heterocycles. The average molecular weight is 395 g/mol. The molecule has 0 saturated carbocycles. The Morgan fingerprint density at radius 1 is 0.517 bits per heavy atom. The van der Waals surface area contributed by atoms with E-state index in [2.05, 4.69) is 50.2 Å². The zero-order chi connectivity index (χ0) is 20.6. The van der Waals surface area contributed by atoms with Crippen molar-refractivity contribution < 1.29 is 0 Å². The molecule has 0 radical (unpaired) electrons. The average Bonchev–Trinajstić information content (AvgIpc) is 2.74. The summed E-state index contributed by atoms with van der Waals surface area (Å²) in [5.74, 6) is 0. The molecule has 0 aromatic heterocycles. The molecule has 2 aromatic carbocycles. The van der Waals surface area contributed by atoms with E-state index in [0.29, 0.717) is 0 Å². The van der Waals surface area contributed by atoms with Gasteiger partial charge in [0.05, 0.1) is 0 Å². The lowest BCUT2D eigenvalue weighted by molar-refractivity contribution is 0.529. The van der Waals surface area contributed by atoms with Gasteiger partial charge in [0.25, 0.3) is 0 Å². The third-order valence-corrected chi connectivity index (χ3v) is 6.56. The topological polar surface area (TPSA) is 0 Å². The molecular weight excluding hydrogens is 348 g/mol. The Hall–Kier alpha value is -1.30. The van der Waals surface area contributed by atoms with Crippen LogP contribution in [0.2, 0.25) is 0 Å². The SMILES string of the molecule is CCCCCCCCCCCCCCCCCCc1c(C)ccc2ccccc12. The highest BCUT2D eigenvalue weighted by atomic mass is 14.1. The van der Waals surface area contributed by atoms with Crippen LogP contribution in [0.1, 0.15) is 121 Å². The van der Waals surface area contributed by atoms with Crippen LogP contribution in [0, 0.1) is 6.92 Å². The highest BCUT2D eigenvalue weighted by molar-refractivity contribution is 5.86. The lowest BCUT2D eigenvalue weighted by Crippen LogP contribution is -1.92. The van der Waals surface area contributed by atoms with Crippen LogP contribution >= 0.6 is 0 Å². The Balaban J connectivity index is 1.42. The fraction of sp³-hybridized carbons (Fsp3) is 0.655. The van der Waals surface area contributed by atoms with E-state index in [1.165, 1.54) is 125 Å². The van der Waals surface area contributed by atoms with Crippen molar-refractivity contribution in [3.8, 4) is 0 Å². The van der Waals surface area contributed by atoms with Gasteiger partial charge < -0.3 is 0 Å². The standard InChI is InChI=1S/C29H46/c1-3-4-5-6-7-8-9-10-11-12-13-14-15-16-17-18-22-28-26(2)24-25-27-21-19-20-23-29(27)28/h19-21,23-25H,3-18,22H2,1-2H3. The van der Waals surface area contributed by atoms with Crippen molar-refractivity contribution in [2.45, 2.75) is 123 Å². The van der Waals surface area contributed by atoms with Crippen LogP contribution in [0.15, 0.2) is 36.4 Å². The third-order valence-electron chi connectivity index (χ3n) is 6.56. The molecule has 0 saturated heterocycles. The molecule has 0 heteroatoms. The van der Waals surface area contributed by atoms with Crippen LogP contribution in [0.3, 0.4) is 0 Å². The zero-order valence-corrected chi connectivity index (χ0v) is 19.5. The van der Waals surface area contributed by atoms with Crippen molar-refractivity contribution in [3.63, 3.8) is 0 Å². The number of aryl methyl sites for hydroxylation is 2. The van der Waals surface area contributed by atoms with Gasteiger partial charge in [-0.05, 0) is 41.7 Å². The van der Waals surface area contributed by atoms with Crippen LogP contribution in [0.25, 0.3) is 10.8 Å². The first-order chi connectivity index (χ1) is 14.3. The van der Waals surface area contributed by atoms with E-state index >= 15 is 0 Å². The molecule has 0 unspecified atom stereocenters. The quantitative estimate of drug-likeness (QED) is 0.234. The molecule has 0 aliphatic heterocycles. The second-order valence-electron chi connectivity index (χ2n) is 9.14. The third kappa shape index (κ3) is 9.83. The Bertz CT molecular complexity index is 654. The first-order valence-corrected chi connectivity index (χ1v) is 12.8. The fourth-order valence-electron chi connectivity index (χ4n) is 4.63. The Kier molecular flexibility index (Phi) is 12.8. The molecular formula is C29H46. The molecule has 0 atom stereocenters. The molecule has 29 heavy (non-hydrogen) atoms. The van der Waals surface area contributed by atoms with E-state index in [4.69, 9.17) is 0 Å². The molecule has 2 rings (SSSR count). The number of unbranched alkanes of at least 4 members (excludes halogenated alkanes) is 15. The van der Waals surface area contributed by atoms with E-state index in [9.17, 15) is 0 Å². The molecule has 162 valence electrons. The molecule has 0 bridgehead atoms. The van der Waals surface area contributed by atoms with Gasteiger partial charge in [-0.25, -0.2) is 0 Å². The molecule has 0 fully saturated rings. The summed E-state index contributed by atoms with van der Waals surface area (Å²) in [6, 6.07) is 13.4. The van der Waals surface area contributed by atoms with Gasteiger partial charge in [-0.3, -0.25) is 0 Å². The smallest absolute Gasteiger partial charge is 0.0149 e. The number of benzene rings is 2. The van der Waals surface area contributed by atoms with Crippen molar-refractivity contribution in [2.75, 3.05) is 0 Å². The monoisotopic (exact) mass is 394 g/mol. The van der Waals surface area contributed by atoms with E-state index in [1.807, 2.05) is 0 Å². The second kappa shape index (κ2) is 15.5. The Morgan fingerprint density at radius 3 is 1.55 bits per heavy atom. The van der Waals surface area contributed by atoms with E-state index in [-0.39, 0.29) is 0 Å². The largest absolute Gasteiger partial charge is 0.0654 e. The van der Waals surface area contributed by atoms with Crippen LogP contribution in [-0.2, 0) is 6.42 Å². The number of fused-ring (bicyclic) bond motifs is 1. The highest BCUT2D eigenvalue weighted by Crippen LogP contribution is 2.24. The van der Waals surface area contributed by atoms with Crippen molar-refractivity contribution >= 4 is 10.8 Å². The Morgan fingerprint density at radius 2 is 1.00 bits per heavy atom. The molecule has 0 amide bonds. The maximum atomic E-state index is 2.30. The predicted octanol–water partition coefficient (Wildman–Crippen LogP) is 9.95. The zero-order valence-electron chi connectivity index (χ0n) is 19.5. The van der Waals surface area contributed by atoms with Gasteiger partial charge in [-0.15, -0.1) is 0 Å². The maximum Gasteiger partial charge on any atom is -0.0149 e. The normalized spacial score (nSPS) is 11.4. The number of hydrogen-bond acceptors (Lipinski definition) is 0. The van der Waals surface area contributed by atoms with E-state index in [0.717, 1.165) is 0 Å². The van der Waals surface area contributed by atoms with Crippen LogP contribution in [0.4, 0.5) is 0 Å². The molecule has 0 spiro atoms. The fourth-order valence-corrected chi connectivity index (χ4v) is 4.63. The predicted molar refractivity (Wildman–Crippen MR) is 132 cm³/mol. The summed E-state index contributed by atoms with van der Waals surface area (Å²) in [5.41, 5.74) is 3.04. The minimum atomic E-state index is 1.24. The maximum absolute atomic E-state index is 2.30. The summed E-state index contributed by atoms with van der Waals surface area (Å²) < 4.78 is 0. The summed E-state index contributed by atoms with van der Waals surface area (Å²) in [7, 11) is 0. The molecule has 0 nitrogen and oxygen atoms in total. The van der Waals surface area contributed by atoms with Crippen LogP contribution < -0.4 is 0 Å². The summed E-state index contributed by atoms with van der Waals surface area (Å²) in [6.45, 7) is 4.57. The molecule has 0 aliphatic rings. The van der Waals surface area contributed by atoms with Gasteiger partial charge in [0.15, 0.2) is 0 Å². The van der Waals surface area contributed by atoms with E-state index in [1.54, 1.807) is 5.56 Å². The second-order valence-corrected chi connectivity index (χ2v) is 9.14. The highest BCUT2D eigenvalue weighted by Gasteiger charge is 2.04. The van der Waals surface area contributed by atoms with Gasteiger partial charge in [0.1, 0.15) is 0 Å². The van der Waals surface area contributed by atoms with Crippen molar-refractivity contribution in [3.05, 3.63) is 47.5 Å². The van der Waals surface area contributed by atoms with Gasteiger partial charge >= 0.3 is 0 Å². The first kappa shape index (κ1) is 24.0. The van der Waals surface area contributed by atoms with Gasteiger partial charge in [-0.1, -0.05) is 140 Å². The first-order valence-electron chi connectivity index (χ1n) is 12.8. The lowest BCUT2D eigenvalue weighted by atomic mass is 9.95. The molecule has 2 aromatic rings. The summed E-state index contributed by atoms with van der Waals surface area (Å²) in [4.78, 5) is 0.